The largest absolute Gasteiger partial charge is 0.756 e. The number of unbranched alkanes of at least 4 members (excludes halogenated alkanes) is 15. The fourth-order valence-electron chi connectivity index (χ4n) is 4.96. The molecule has 0 spiro atoms. The Morgan fingerprint density at radius 1 is 0.620 bits per heavy atom. The van der Waals surface area contributed by atoms with Crippen molar-refractivity contribution in [2.24, 2.45) is 0 Å². The number of rotatable bonds is 35. The van der Waals surface area contributed by atoms with E-state index in [2.05, 4.69) is 50.3 Å². The predicted molar refractivity (Wildman–Crippen MR) is 204 cm³/mol. The average molecular weight is 728 g/mol. The monoisotopic (exact) mass is 728 g/mol. The molecule has 0 bridgehead atoms. The summed E-state index contributed by atoms with van der Waals surface area (Å²) in [6.45, 7) is 4.11. The quantitative estimate of drug-likeness (QED) is 0.0209. The number of allylic oxidation sites excluding steroid dienone is 6. The van der Waals surface area contributed by atoms with E-state index < -0.39 is 32.5 Å². The van der Waals surface area contributed by atoms with E-state index in [0.29, 0.717) is 23.9 Å². The Morgan fingerprint density at radius 3 is 1.66 bits per heavy atom. The van der Waals surface area contributed by atoms with Crippen molar-refractivity contribution in [1.82, 2.24) is 0 Å². The number of phosphoric acid groups is 1. The van der Waals surface area contributed by atoms with E-state index in [1.54, 1.807) is 0 Å². The lowest BCUT2D eigenvalue weighted by atomic mass is 10.1. The van der Waals surface area contributed by atoms with Crippen LogP contribution in [0.5, 0.6) is 0 Å². The van der Waals surface area contributed by atoms with Gasteiger partial charge in [-0.05, 0) is 64.2 Å². The predicted octanol–water partition coefficient (Wildman–Crippen LogP) is 9.94. The van der Waals surface area contributed by atoms with Gasteiger partial charge in [-0.1, -0.05) is 115 Å². The number of carbonyl (C=O) groups is 2. The van der Waals surface area contributed by atoms with Crippen molar-refractivity contribution in [3.8, 4) is 0 Å². The minimum atomic E-state index is -4.62. The standard InChI is InChI=1S/C40H74NO8P/c1-6-8-10-12-14-16-18-20-21-23-24-26-28-30-32-39(42)46-36-38(37-48-50(44,45)47-35-34-41(3,4)5)49-40(43)33-31-29-27-25-22-19-17-15-13-11-9-7-2/h12,14-15,17-18,20,38H,6-11,13,16,19,21-37H2,1-5H3/b14-12-,17-15-,20-18-/t38-/m1/s1. The summed E-state index contributed by atoms with van der Waals surface area (Å²) in [6.07, 6.45) is 34.5. The topological polar surface area (TPSA) is 111 Å². The number of nitrogens with zero attached hydrogens (tertiary/aromatic N) is 1. The molecule has 0 aliphatic rings. The average Bonchev–Trinajstić information content (AvgIpc) is 3.06. The van der Waals surface area contributed by atoms with Crippen LogP contribution in [0.25, 0.3) is 0 Å². The van der Waals surface area contributed by atoms with Gasteiger partial charge in [0.25, 0.3) is 7.82 Å². The van der Waals surface area contributed by atoms with Gasteiger partial charge in [-0.25, -0.2) is 0 Å². The molecule has 0 saturated heterocycles. The molecule has 0 amide bonds. The summed E-state index contributed by atoms with van der Waals surface area (Å²) in [4.78, 5) is 37.3. The second-order valence-corrected chi connectivity index (χ2v) is 15.7. The summed E-state index contributed by atoms with van der Waals surface area (Å²) in [6, 6.07) is 0. The summed E-state index contributed by atoms with van der Waals surface area (Å²) in [5.74, 6) is -0.865. The van der Waals surface area contributed by atoms with Gasteiger partial charge in [-0.2, -0.15) is 0 Å². The molecular weight excluding hydrogens is 653 g/mol. The van der Waals surface area contributed by atoms with Crippen LogP contribution in [0.4, 0.5) is 0 Å². The van der Waals surface area contributed by atoms with Crippen LogP contribution in [-0.4, -0.2) is 70.0 Å². The van der Waals surface area contributed by atoms with Gasteiger partial charge in [0.15, 0.2) is 6.10 Å². The van der Waals surface area contributed by atoms with E-state index in [1.165, 1.54) is 32.1 Å². The number of quaternary nitrogens is 1. The lowest BCUT2D eigenvalue weighted by molar-refractivity contribution is -0.870. The van der Waals surface area contributed by atoms with Crippen molar-refractivity contribution in [2.45, 2.75) is 161 Å². The normalized spacial score (nSPS) is 14.1. The molecule has 1 unspecified atom stereocenters. The van der Waals surface area contributed by atoms with E-state index >= 15 is 0 Å². The SMILES string of the molecule is CCCC/C=C\C/C=C\CCCCCCCC(=O)OC[C@H](COP(=O)([O-])OCC[N+](C)(C)C)OC(=O)CCCCCCC/C=C\CCCCC. The van der Waals surface area contributed by atoms with Gasteiger partial charge in [0.2, 0.25) is 0 Å². The molecule has 0 aliphatic carbocycles. The van der Waals surface area contributed by atoms with Crippen molar-refractivity contribution < 1.29 is 42.1 Å². The second-order valence-electron chi connectivity index (χ2n) is 14.3. The number of phosphoric ester groups is 1. The van der Waals surface area contributed by atoms with Crippen LogP contribution in [0.1, 0.15) is 155 Å². The third-order valence-corrected chi connectivity index (χ3v) is 9.10. The molecule has 0 aromatic rings. The minimum Gasteiger partial charge on any atom is -0.756 e. The van der Waals surface area contributed by atoms with Gasteiger partial charge in [0.1, 0.15) is 19.8 Å². The molecule has 0 rings (SSSR count). The molecule has 292 valence electrons. The first-order chi connectivity index (χ1) is 24.0. The maximum absolute atomic E-state index is 12.6. The zero-order chi connectivity index (χ0) is 37.2. The highest BCUT2D eigenvalue weighted by Gasteiger charge is 2.21. The molecule has 0 aliphatic heterocycles. The van der Waals surface area contributed by atoms with Crippen LogP contribution < -0.4 is 4.89 Å². The van der Waals surface area contributed by atoms with Crippen LogP contribution in [-0.2, 0) is 32.7 Å². The first-order valence-electron chi connectivity index (χ1n) is 19.7. The van der Waals surface area contributed by atoms with E-state index in [9.17, 15) is 19.0 Å². The Morgan fingerprint density at radius 2 is 1.10 bits per heavy atom. The molecule has 0 saturated carbocycles. The van der Waals surface area contributed by atoms with Gasteiger partial charge >= 0.3 is 11.9 Å². The van der Waals surface area contributed by atoms with Gasteiger partial charge in [0, 0.05) is 12.8 Å². The zero-order valence-corrected chi connectivity index (χ0v) is 33.5. The first kappa shape index (κ1) is 48.2. The van der Waals surface area contributed by atoms with Crippen LogP contribution in [0.15, 0.2) is 36.5 Å². The highest BCUT2D eigenvalue weighted by Crippen LogP contribution is 2.38. The maximum Gasteiger partial charge on any atom is 0.306 e. The molecule has 50 heavy (non-hydrogen) atoms. The smallest absolute Gasteiger partial charge is 0.306 e. The van der Waals surface area contributed by atoms with Crippen LogP contribution in [0.2, 0.25) is 0 Å². The van der Waals surface area contributed by atoms with Crippen LogP contribution in [0.3, 0.4) is 0 Å². The van der Waals surface area contributed by atoms with Crippen molar-refractivity contribution in [1.29, 1.82) is 0 Å². The van der Waals surface area contributed by atoms with E-state index in [4.69, 9.17) is 18.5 Å². The third kappa shape index (κ3) is 36.0. The minimum absolute atomic E-state index is 0.0353. The number of hydrogen-bond donors (Lipinski definition) is 0. The fraction of sp³-hybridized carbons (Fsp3) is 0.800. The number of esters is 2. The van der Waals surface area contributed by atoms with Gasteiger partial charge < -0.3 is 27.9 Å². The molecule has 9 nitrogen and oxygen atoms in total. The van der Waals surface area contributed by atoms with Crippen molar-refractivity contribution >= 4 is 19.8 Å². The second kappa shape index (κ2) is 33.1. The molecular formula is C40H74NO8P. The molecule has 0 fully saturated rings. The van der Waals surface area contributed by atoms with Crippen molar-refractivity contribution in [3.05, 3.63) is 36.5 Å². The number of likely N-dealkylation sites (N-methyl/N-ethyl adjacent to an activating group) is 1. The molecule has 2 atom stereocenters. The van der Waals surface area contributed by atoms with Gasteiger partial charge in [0.05, 0.1) is 27.7 Å². The van der Waals surface area contributed by atoms with Crippen LogP contribution in [0, 0.1) is 0 Å². The Labute approximate surface area is 306 Å². The highest BCUT2D eigenvalue weighted by atomic mass is 31.2. The molecule has 0 aromatic heterocycles. The third-order valence-electron chi connectivity index (χ3n) is 8.13. The summed E-state index contributed by atoms with van der Waals surface area (Å²) < 4.78 is 33.7. The summed E-state index contributed by atoms with van der Waals surface area (Å²) >= 11 is 0. The Balaban J connectivity index is 4.46. The molecule has 0 aromatic carbocycles. The number of ether oxygens (including phenoxy) is 2. The molecule has 10 heteroatoms. The fourth-order valence-corrected chi connectivity index (χ4v) is 5.69. The lowest BCUT2D eigenvalue weighted by Crippen LogP contribution is -2.37. The van der Waals surface area contributed by atoms with Crippen molar-refractivity contribution in [3.63, 3.8) is 0 Å². The number of hydrogen-bond acceptors (Lipinski definition) is 8. The maximum atomic E-state index is 12.6. The molecule has 0 heterocycles. The zero-order valence-electron chi connectivity index (χ0n) is 32.6. The highest BCUT2D eigenvalue weighted by molar-refractivity contribution is 7.45. The van der Waals surface area contributed by atoms with E-state index in [0.717, 1.165) is 83.5 Å². The Kier molecular flexibility index (Phi) is 31.9. The Hall–Kier alpha value is -1.77. The summed E-state index contributed by atoms with van der Waals surface area (Å²) in [5.41, 5.74) is 0. The summed E-state index contributed by atoms with van der Waals surface area (Å²) in [5, 5.41) is 0. The first-order valence-corrected chi connectivity index (χ1v) is 21.2. The molecule has 0 radical (unpaired) electrons. The van der Waals surface area contributed by atoms with E-state index in [-0.39, 0.29) is 26.1 Å². The van der Waals surface area contributed by atoms with E-state index in [1.807, 2.05) is 21.1 Å². The molecule has 0 N–H and O–H groups in total. The Bertz CT molecular complexity index is 959. The van der Waals surface area contributed by atoms with Crippen molar-refractivity contribution in [2.75, 3.05) is 47.5 Å². The van der Waals surface area contributed by atoms with Crippen LogP contribution >= 0.6 is 7.82 Å². The summed E-state index contributed by atoms with van der Waals surface area (Å²) in [7, 11) is 1.15. The van der Waals surface area contributed by atoms with Gasteiger partial charge in [-0.3, -0.25) is 14.2 Å². The lowest BCUT2D eigenvalue weighted by Gasteiger charge is -2.28. The van der Waals surface area contributed by atoms with Gasteiger partial charge in [-0.15, -0.1) is 0 Å². The number of carbonyl (C=O) groups excluding carboxylic acids is 2.